The van der Waals surface area contributed by atoms with E-state index in [2.05, 4.69) is 6.92 Å². The van der Waals surface area contributed by atoms with Crippen LogP contribution in [0.15, 0.2) is 24.3 Å². The molecule has 0 fully saturated rings. The monoisotopic (exact) mass is 248 g/mol. The van der Waals surface area contributed by atoms with Crippen LogP contribution in [0.1, 0.15) is 61.4 Å². The Kier molecular flexibility index (Phi) is 7.35. The smallest absolute Gasteiger partial charge is 0.163 e. The molecule has 2 heteroatoms. The van der Waals surface area contributed by atoms with Gasteiger partial charge in [0.2, 0.25) is 0 Å². The number of ketones is 1. The maximum atomic E-state index is 12.1. The zero-order valence-electron chi connectivity index (χ0n) is 11.3. The van der Waals surface area contributed by atoms with Crippen LogP contribution in [0, 0.1) is 0 Å². The van der Waals surface area contributed by atoms with E-state index in [1.54, 1.807) is 0 Å². The molecule has 0 unspecified atom stereocenters. The maximum Gasteiger partial charge on any atom is 0.163 e. The first-order valence-corrected chi connectivity index (χ1v) is 7.01. The van der Waals surface area contributed by atoms with Gasteiger partial charge in [0, 0.05) is 18.6 Å². The largest absolute Gasteiger partial charge is 0.396 e. The van der Waals surface area contributed by atoms with Crippen LogP contribution in [-0.2, 0) is 6.42 Å². The molecule has 1 rings (SSSR count). The summed E-state index contributed by atoms with van der Waals surface area (Å²) >= 11 is 0. The highest BCUT2D eigenvalue weighted by Gasteiger charge is 2.09. The molecule has 0 aliphatic rings. The van der Waals surface area contributed by atoms with Crippen molar-refractivity contribution in [3.8, 4) is 0 Å². The van der Waals surface area contributed by atoms with Gasteiger partial charge in [0.15, 0.2) is 5.78 Å². The summed E-state index contributed by atoms with van der Waals surface area (Å²) in [5, 5.41) is 8.99. The predicted molar refractivity (Wildman–Crippen MR) is 74.9 cm³/mol. The lowest BCUT2D eigenvalue weighted by Crippen LogP contribution is -2.05. The van der Waals surface area contributed by atoms with Gasteiger partial charge in [-0.25, -0.2) is 0 Å². The average molecular weight is 248 g/mol. The molecule has 18 heavy (non-hydrogen) atoms. The van der Waals surface area contributed by atoms with E-state index in [1.165, 1.54) is 19.3 Å². The highest BCUT2D eigenvalue weighted by Crippen LogP contribution is 2.14. The third-order valence-electron chi connectivity index (χ3n) is 3.21. The molecule has 100 valence electrons. The van der Waals surface area contributed by atoms with Gasteiger partial charge in [-0.05, 0) is 18.4 Å². The van der Waals surface area contributed by atoms with Gasteiger partial charge >= 0.3 is 0 Å². The zero-order valence-corrected chi connectivity index (χ0v) is 11.3. The molecule has 0 heterocycles. The number of aliphatic hydroxyl groups excluding tert-OH is 1. The molecule has 0 saturated carbocycles. The van der Waals surface area contributed by atoms with Gasteiger partial charge in [0.1, 0.15) is 0 Å². The minimum atomic E-state index is 0.0980. The molecule has 0 bridgehead atoms. The van der Waals surface area contributed by atoms with Crippen molar-refractivity contribution < 1.29 is 9.90 Å². The number of hydrogen-bond donors (Lipinski definition) is 1. The fourth-order valence-corrected chi connectivity index (χ4v) is 2.15. The zero-order chi connectivity index (χ0) is 13.2. The van der Waals surface area contributed by atoms with Crippen LogP contribution in [0.3, 0.4) is 0 Å². The summed E-state index contributed by atoms with van der Waals surface area (Å²) in [6.07, 6.45) is 7.03. The molecule has 0 radical (unpaired) electrons. The molecule has 0 atom stereocenters. The Morgan fingerprint density at radius 2 is 1.83 bits per heavy atom. The number of hydrogen-bond acceptors (Lipinski definition) is 2. The first-order valence-electron chi connectivity index (χ1n) is 7.01. The first kappa shape index (κ1) is 14.9. The molecule has 0 aromatic heterocycles. The van der Waals surface area contributed by atoms with Crippen molar-refractivity contribution in [2.45, 2.75) is 51.9 Å². The Morgan fingerprint density at radius 1 is 1.11 bits per heavy atom. The number of Topliss-reactive ketones (excluding diaryl/α,β-unsaturated/α-hetero) is 1. The Balaban J connectivity index is 2.45. The highest BCUT2D eigenvalue weighted by atomic mass is 16.3. The second kappa shape index (κ2) is 8.87. The van der Waals surface area contributed by atoms with E-state index < -0.39 is 0 Å². The molecule has 0 aliphatic carbocycles. The van der Waals surface area contributed by atoms with Crippen molar-refractivity contribution in [3.05, 3.63) is 35.4 Å². The minimum absolute atomic E-state index is 0.0980. The first-order chi connectivity index (χ1) is 8.79. The van der Waals surface area contributed by atoms with E-state index >= 15 is 0 Å². The lowest BCUT2D eigenvalue weighted by molar-refractivity contribution is 0.0978. The van der Waals surface area contributed by atoms with Crippen molar-refractivity contribution in [1.29, 1.82) is 0 Å². The number of carbonyl (C=O) groups is 1. The quantitative estimate of drug-likeness (QED) is 0.533. The van der Waals surface area contributed by atoms with Gasteiger partial charge < -0.3 is 5.11 Å². The van der Waals surface area contributed by atoms with Crippen LogP contribution < -0.4 is 0 Å². The topological polar surface area (TPSA) is 37.3 Å². The molecular weight excluding hydrogens is 224 g/mol. The third-order valence-corrected chi connectivity index (χ3v) is 3.21. The standard InChI is InChI=1S/C16H24O2/c1-2-3-4-5-6-11-16(18)15-10-8-7-9-14(15)12-13-17/h7-10,17H,2-6,11-13H2,1H3. The van der Waals surface area contributed by atoms with Crippen molar-refractivity contribution >= 4 is 5.78 Å². The van der Waals surface area contributed by atoms with Gasteiger partial charge in [-0.3, -0.25) is 4.79 Å². The van der Waals surface area contributed by atoms with E-state index in [-0.39, 0.29) is 12.4 Å². The molecular formula is C16H24O2. The Morgan fingerprint density at radius 3 is 2.56 bits per heavy atom. The number of benzene rings is 1. The van der Waals surface area contributed by atoms with E-state index in [9.17, 15) is 4.79 Å². The Bertz CT molecular complexity index is 358. The van der Waals surface area contributed by atoms with Gasteiger partial charge in [-0.15, -0.1) is 0 Å². The normalized spacial score (nSPS) is 10.6. The second-order valence-corrected chi connectivity index (χ2v) is 4.72. The van der Waals surface area contributed by atoms with Crippen LogP contribution >= 0.6 is 0 Å². The average Bonchev–Trinajstić information content (AvgIpc) is 2.39. The summed E-state index contributed by atoms with van der Waals surface area (Å²) in [5.41, 5.74) is 1.76. The van der Waals surface area contributed by atoms with E-state index in [0.717, 1.165) is 24.0 Å². The van der Waals surface area contributed by atoms with Gasteiger partial charge in [-0.1, -0.05) is 56.9 Å². The number of unbranched alkanes of at least 4 members (excludes halogenated alkanes) is 4. The fraction of sp³-hybridized carbons (Fsp3) is 0.562. The number of rotatable bonds is 9. The highest BCUT2D eigenvalue weighted by molar-refractivity contribution is 5.97. The number of carbonyl (C=O) groups excluding carboxylic acids is 1. The summed E-state index contributed by atoms with van der Waals surface area (Å²) in [4.78, 5) is 12.1. The Hall–Kier alpha value is -1.15. The van der Waals surface area contributed by atoms with Crippen molar-refractivity contribution in [1.82, 2.24) is 0 Å². The summed E-state index contributed by atoms with van der Waals surface area (Å²) in [7, 11) is 0. The molecule has 2 nitrogen and oxygen atoms in total. The molecule has 0 saturated heterocycles. The third kappa shape index (κ3) is 5.01. The van der Waals surface area contributed by atoms with Gasteiger partial charge in [0.25, 0.3) is 0 Å². The van der Waals surface area contributed by atoms with Crippen LogP contribution in [-0.4, -0.2) is 17.5 Å². The van der Waals surface area contributed by atoms with E-state index in [1.807, 2.05) is 24.3 Å². The van der Waals surface area contributed by atoms with E-state index in [0.29, 0.717) is 12.8 Å². The second-order valence-electron chi connectivity index (χ2n) is 4.72. The van der Waals surface area contributed by atoms with Gasteiger partial charge in [-0.2, -0.15) is 0 Å². The van der Waals surface area contributed by atoms with Crippen LogP contribution in [0.4, 0.5) is 0 Å². The summed E-state index contributed by atoms with van der Waals surface area (Å²) in [6, 6.07) is 7.62. The van der Waals surface area contributed by atoms with Crippen LogP contribution in [0.25, 0.3) is 0 Å². The summed E-state index contributed by atoms with van der Waals surface area (Å²) in [5.74, 6) is 0.218. The van der Waals surface area contributed by atoms with Crippen LogP contribution in [0.2, 0.25) is 0 Å². The number of aliphatic hydroxyl groups is 1. The van der Waals surface area contributed by atoms with Gasteiger partial charge in [0.05, 0.1) is 0 Å². The molecule has 1 N–H and O–H groups in total. The SMILES string of the molecule is CCCCCCCC(=O)c1ccccc1CCO. The van der Waals surface area contributed by atoms with Crippen molar-refractivity contribution in [2.24, 2.45) is 0 Å². The molecule has 1 aromatic rings. The lowest BCUT2D eigenvalue weighted by Gasteiger charge is -2.07. The molecule has 0 amide bonds. The fourth-order valence-electron chi connectivity index (χ4n) is 2.15. The lowest BCUT2D eigenvalue weighted by atomic mass is 9.97. The van der Waals surface area contributed by atoms with E-state index in [4.69, 9.17) is 5.11 Å². The van der Waals surface area contributed by atoms with Crippen molar-refractivity contribution in [3.63, 3.8) is 0 Å². The molecule has 0 aliphatic heterocycles. The maximum absolute atomic E-state index is 12.1. The minimum Gasteiger partial charge on any atom is -0.396 e. The summed E-state index contributed by atoms with van der Waals surface area (Å²) in [6.45, 7) is 2.29. The summed E-state index contributed by atoms with van der Waals surface area (Å²) < 4.78 is 0. The predicted octanol–water partition coefficient (Wildman–Crippen LogP) is 3.76. The Labute approximate surface area is 110 Å². The molecule has 0 spiro atoms. The van der Waals surface area contributed by atoms with Crippen molar-refractivity contribution in [2.75, 3.05) is 6.61 Å². The molecule has 1 aromatic carbocycles. The van der Waals surface area contributed by atoms with Crippen LogP contribution in [0.5, 0.6) is 0 Å².